The van der Waals surface area contributed by atoms with Gasteiger partial charge in [-0.3, -0.25) is 4.79 Å². The molecule has 2 aromatic rings. The van der Waals surface area contributed by atoms with Gasteiger partial charge in [0, 0.05) is 0 Å². The lowest BCUT2D eigenvalue weighted by Crippen LogP contribution is -2.23. The third-order valence-corrected chi connectivity index (χ3v) is 4.27. The standard InChI is InChI=1S/C18H23ClN4O3S/c1-6-25-15-8-13(7-14(19)16(15)26-10-11(2)3)9-20-23-17(24)12(4)21-22-18(23)27-5/h7-9,11H,6,10H2,1-5H3/b20-9-. The molecule has 0 fully saturated rings. The Morgan fingerprint density at radius 2 is 2.07 bits per heavy atom. The summed E-state index contributed by atoms with van der Waals surface area (Å²) < 4.78 is 12.7. The first-order valence-electron chi connectivity index (χ1n) is 8.51. The van der Waals surface area contributed by atoms with Gasteiger partial charge in [-0.15, -0.1) is 10.2 Å². The Balaban J connectivity index is 2.41. The average Bonchev–Trinajstić information content (AvgIpc) is 2.62. The second-order valence-electron chi connectivity index (χ2n) is 6.10. The molecule has 9 heteroatoms. The maximum Gasteiger partial charge on any atom is 0.296 e. The number of nitrogens with zero attached hydrogens (tertiary/aromatic N) is 4. The molecular formula is C18H23ClN4O3S. The Kier molecular flexibility index (Phi) is 7.67. The van der Waals surface area contributed by atoms with E-state index in [0.717, 1.165) is 0 Å². The quantitative estimate of drug-likeness (QED) is 0.488. The molecule has 7 nitrogen and oxygen atoms in total. The van der Waals surface area contributed by atoms with Crippen LogP contribution < -0.4 is 15.0 Å². The molecule has 1 aromatic heterocycles. The van der Waals surface area contributed by atoms with Crippen molar-refractivity contribution in [2.24, 2.45) is 11.0 Å². The fraction of sp³-hybridized carbons (Fsp3) is 0.444. The number of ether oxygens (including phenoxy) is 2. The molecule has 0 amide bonds. The molecule has 0 N–H and O–H groups in total. The highest BCUT2D eigenvalue weighted by Gasteiger charge is 2.13. The summed E-state index contributed by atoms with van der Waals surface area (Å²) in [5, 5.41) is 12.9. The van der Waals surface area contributed by atoms with Crippen molar-refractivity contribution < 1.29 is 9.47 Å². The number of aryl methyl sites for hydroxylation is 1. The van der Waals surface area contributed by atoms with Gasteiger partial charge in [0.25, 0.3) is 5.56 Å². The van der Waals surface area contributed by atoms with E-state index in [0.29, 0.717) is 46.4 Å². The van der Waals surface area contributed by atoms with E-state index in [9.17, 15) is 4.79 Å². The average molecular weight is 411 g/mol. The first-order chi connectivity index (χ1) is 12.9. The second-order valence-corrected chi connectivity index (χ2v) is 7.28. The molecule has 1 aromatic carbocycles. The van der Waals surface area contributed by atoms with E-state index >= 15 is 0 Å². The Labute approximate surface area is 167 Å². The molecule has 27 heavy (non-hydrogen) atoms. The Morgan fingerprint density at radius 3 is 2.70 bits per heavy atom. The summed E-state index contributed by atoms with van der Waals surface area (Å²) in [6.45, 7) is 8.59. The zero-order valence-corrected chi connectivity index (χ0v) is 17.6. The third-order valence-electron chi connectivity index (χ3n) is 3.37. The van der Waals surface area contributed by atoms with Crippen LogP contribution in [0.5, 0.6) is 11.5 Å². The highest BCUT2D eigenvalue weighted by Crippen LogP contribution is 2.36. The normalized spacial score (nSPS) is 11.4. The molecule has 0 radical (unpaired) electrons. The fourth-order valence-electron chi connectivity index (χ4n) is 2.11. The molecule has 0 atom stereocenters. The lowest BCUT2D eigenvalue weighted by molar-refractivity contribution is 0.248. The molecule has 0 saturated carbocycles. The zero-order valence-electron chi connectivity index (χ0n) is 16.0. The van der Waals surface area contributed by atoms with Crippen LogP contribution in [0.3, 0.4) is 0 Å². The smallest absolute Gasteiger partial charge is 0.296 e. The van der Waals surface area contributed by atoms with Gasteiger partial charge in [-0.2, -0.15) is 9.78 Å². The molecule has 0 unspecified atom stereocenters. The van der Waals surface area contributed by atoms with Crippen molar-refractivity contribution in [3.05, 3.63) is 38.8 Å². The topological polar surface area (TPSA) is 78.6 Å². The number of hydrogen-bond donors (Lipinski definition) is 0. The first-order valence-corrected chi connectivity index (χ1v) is 10.1. The molecule has 2 rings (SSSR count). The maximum absolute atomic E-state index is 12.3. The van der Waals surface area contributed by atoms with Crippen molar-refractivity contribution >= 4 is 29.6 Å². The SMILES string of the molecule is CCOc1cc(/C=N\n2c(SC)nnc(C)c2=O)cc(Cl)c1OCC(C)C. The van der Waals surface area contributed by atoms with Gasteiger partial charge in [0.15, 0.2) is 11.5 Å². The number of hydrogen-bond acceptors (Lipinski definition) is 7. The van der Waals surface area contributed by atoms with Crippen LogP contribution in [-0.2, 0) is 0 Å². The molecule has 146 valence electrons. The lowest BCUT2D eigenvalue weighted by atomic mass is 10.2. The van der Waals surface area contributed by atoms with Crippen LogP contribution in [0.15, 0.2) is 27.2 Å². The van der Waals surface area contributed by atoms with Crippen molar-refractivity contribution in [1.29, 1.82) is 0 Å². The summed E-state index contributed by atoms with van der Waals surface area (Å²) in [5.41, 5.74) is 0.628. The highest BCUT2D eigenvalue weighted by atomic mass is 35.5. The van der Waals surface area contributed by atoms with Gasteiger partial charge in [0.1, 0.15) is 5.69 Å². The summed E-state index contributed by atoms with van der Waals surface area (Å²) in [7, 11) is 0. The van der Waals surface area contributed by atoms with E-state index in [1.807, 2.05) is 6.92 Å². The van der Waals surface area contributed by atoms with Crippen molar-refractivity contribution in [3.8, 4) is 11.5 Å². The predicted octanol–water partition coefficient (Wildman–Crippen LogP) is 3.64. The summed E-state index contributed by atoms with van der Waals surface area (Å²) in [6.07, 6.45) is 3.33. The minimum absolute atomic E-state index is 0.274. The van der Waals surface area contributed by atoms with Gasteiger partial charge in [-0.25, -0.2) is 0 Å². The highest BCUT2D eigenvalue weighted by molar-refractivity contribution is 7.98. The molecule has 0 spiro atoms. The summed E-state index contributed by atoms with van der Waals surface area (Å²) in [5.74, 6) is 1.40. The van der Waals surface area contributed by atoms with Crippen LogP contribution in [0.4, 0.5) is 0 Å². The van der Waals surface area contributed by atoms with Crippen molar-refractivity contribution in [2.45, 2.75) is 32.9 Å². The van der Waals surface area contributed by atoms with E-state index in [2.05, 4.69) is 29.1 Å². The van der Waals surface area contributed by atoms with Gasteiger partial charge in [-0.1, -0.05) is 37.2 Å². The number of benzene rings is 1. The Morgan fingerprint density at radius 1 is 1.33 bits per heavy atom. The first kappa shape index (κ1) is 21.2. The number of thioether (sulfide) groups is 1. The van der Waals surface area contributed by atoms with E-state index in [4.69, 9.17) is 21.1 Å². The fourth-order valence-corrected chi connectivity index (χ4v) is 2.81. The molecule has 0 aliphatic rings. The van der Waals surface area contributed by atoms with Gasteiger partial charge in [0.05, 0.1) is 24.5 Å². The Bertz CT molecular complexity index is 884. The Hall–Kier alpha value is -2.06. The van der Waals surface area contributed by atoms with E-state index in [-0.39, 0.29) is 11.3 Å². The molecular weight excluding hydrogens is 388 g/mol. The summed E-state index contributed by atoms with van der Waals surface area (Å²) >= 11 is 7.67. The second kappa shape index (κ2) is 9.75. The van der Waals surface area contributed by atoms with Crippen molar-refractivity contribution in [1.82, 2.24) is 14.9 Å². The monoisotopic (exact) mass is 410 g/mol. The number of halogens is 1. The lowest BCUT2D eigenvalue weighted by Gasteiger charge is -2.15. The molecule has 0 saturated heterocycles. The largest absolute Gasteiger partial charge is 0.490 e. The van der Waals surface area contributed by atoms with Crippen LogP contribution in [0, 0.1) is 12.8 Å². The number of rotatable bonds is 8. The van der Waals surface area contributed by atoms with Crippen LogP contribution in [0.25, 0.3) is 0 Å². The minimum Gasteiger partial charge on any atom is -0.490 e. The van der Waals surface area contributed by atoms with Crippen molar-refractivity contribution in [3.63, 3.8) is 0 Å². The summed E-state index contributed by atoms with van der Waals surface area (Å²) in [4.78, 5) is 12.3. The predicted molar refractivity (Wildman–Crippen MR) is 109 cm³/mol. The molecule has 0 aliphatic heterocycles. The zero-order chi connectivity index (χ0) is 20.0. The molecule has 1 heterocycles. The maximum atomic E-state index is 12.3. The van der Waals surface area contributed by atoms with Crippen LogP contribution in [0.2, 0.25) is 5.02 Å². The summed E-state index contributed by atoms with van der Waals surface area (Å²) in [6, 6.07) is 3.49. The van der Waals surface area contributed by atoms with Gasteiger partial charge in [0.2, 0.25) is 5.16 Å². The van der Waals surface area contributed by atoms with Crippen molar-refractivity contribution in [2.75, 3.05) is 19.5 Å². The molecule has 0 bridgehead atoms. The van der Waals surface area contributed by atoms with Crippen LogP contribution >= 0.6 is 23.4 Å². The van der Waals surface area contributed by atoms with E-state index in [1.165, 1.54) is 22.7 Å². The van der Waals surface area contributed by atoms with Crippen LogP contribution in [0.1, 0.15) is 32.0 Å². The van der Waals surface area contributed by atoms with Gasteiger partial charge in [-0.05, 0) is 43.7 Å². The van der Waals surface area contributed by atoms with E-state index in [1.54, 1.807) is 25.3 Å². The van der Waals surface area contributed by atoms with E-state index < -0.39 is 0 Å². The molecule has 0 aliphatic carbocycles. The van der Waals surface area contributed by atoms with Gasteiger partial charge < -0.3 is 9.47 Å². The third kappa shape index (κ3) is 5.46. The van der Waals surface area contributed by atoms with Crippen LogP contribution in [-0.4, -0.2) is 40.6 Å². The minimum atomic E-state index is -0.321. The number of aromatic nitrogens is 3. The van der Waals surface area contributed by atoms with Gasteiger partial charge >= 0.3 is 0 Å².